The summed E-state index contributed by atoms with van der Waals surface area (Å²) >= 11 is 7.39. The minimum atomic E-state index is 0.222. The molecule has 0 unspecified atom stereocenters. The Morgan fingerprint density at radius 2 is 1.81 bits per heavy atom. The van der Waals surface area contributed by atoms with Gasteiger partial charge in [-0.2, -0.15) is 0 Å². The van der Waals surface area contributed by atoms with Gasteiger partial charge in [0.15, 0.2) is 0 Å². The predicted molar refractivity (Wildman–Crippen MR) is 79.9 cm³/mol. The normalized spacial score (nSPS) is 12.1. The van der Waals surface area contributed by atoms with E-state index in [0.29, 0.717) is 5.92 Å². The van der Waals surface area contributed by atoms with Crippen LogP contribution in [0.25, 0.3) is 0 Å². The van der Waals surface area contributed by atoms with Crippen molar-refractivity contribution >= 4 is 31.9 Å². The van der Waals surface area contributed by atoms with E-state index in [0.717, 1.165) is 10.7 Å². The van der Waals surface area contributed by atoms with Crippen LogP contribution < -0.4 is 0 Å². The Balaban J connectivity index is 3.09. The van der Waals surface area contributed by atoms with Crippen LogP contribution >= 0.6 is 31.9 Å². The number of hydrogen-bond donors (Lipinski definition) is 0. The molecule has 0 saturated heterocycles. The molecule has 0 bridgehead atoms. The number of aryl methyl sites for hydroxylation is 1. The molecule has 0 fully saturated rings. The summed E-state index contributed by atoms with van der Waals surface area (Å²) in [6.45, 7) is 6.73. The van der Waals surface area contributed by atoms with Gasteiger partial charge in [0.25, 0.3) is 0 Å². The second kappa shape index (κ2) is 6.20. The van der Waals surface area contributed by atoms with Crippen LogP contribution in [-0.2, 0) is 5.41 Å². The summed E-state index contributed by atoms with van der Waals surface area (Å²) in [6.07, 6.45) is 1.20. The Hall–Kier alpha value is 0.180. The molecule has 0 atom stereocenters. The first kappa shape index (κ1) is 14.2. The maximum absolute atomic E-state index is 3.69. The first-order valence-corrected chi connectivity index (χ1v) is 7.97. The fraction of sp³-hybridized carbons (Fsp3) is 0.571. The summed E-state index contributed by atoms with van der Waals surface area (Å²) < 4.78 is 0. The van der Waals surface area contributed by atoms with E-state index in [1.54, 1.807) is 0 Å². The Kier molecular flexibility index (Phi) is 5.52. The molecule has 1 aromatic carbocycles. The third-order valence-electron chi connectivity index (χ3n) is 2.94. The molecule has 0 aliphatic carbocycles. The van der Waals surface area contributed by atoms with E-state index in [-0.39, 0.29) is 5.41 Å². The summed E-state index contributed by atoms with van der Waals surface area (Å²) in [6, 6.07) is 8.87. The highest BCUT2D eigenvalue weighted by Crippen LogP contribution is 2.35. The minimum Gasteiger partial charge on any atom is -0.0918 e. The van der Waals surface area contributed by atoms with Crippen LogP contribution in [0.4, 0.5) is 0 Å². The van der Waals surface area contributed by atoms with Crippen molar-refractivity contribution in [3.63, 3.8) is 0 Å². The van der Waals surface area contributed by atoms with E-state index < -0.39 is 0 Å². The molecular formula is C14H20Br2. The molecule has 0 radical (unpaired) electrons. The van der Waals surface area contributed by atoms with E-state index in [2.05, 4.69) is 76.9 Å². The smallest absolute Gasteiger partial charge is 0.0149 e. The van der Waals surface area contributed by atoms with Crippen LogP contribution in [0.3, 0.4) is 0 Å². The van der Waals surface area contributed by atoms with Crippen molar-refractivity contribution in [2.45, 2.75) is 32.6 Å². The molecule has 2 heteroatoms. The lowest BCUT2D eigenvalue weighted by molar-refractivity contribution is 0.417. The average Bonchev–Trinajstić information content (AvgIpc) is 2.25. The van der Waals surface area contributed by atoms with Crippen LogP contribution in [0.1, 0.15) is 31.4 Å². The summed E-state index contributed by atoms with van der Waals surface area (Å²) in [4.78, 5) is 0. The number of alkyl halides is 2. The second-order valence-electron chi connectivity index (χ2n) is 5.02. The highest BCUT2D eigenvalue weighted by atomic mass is 79.9. The van der Waals surface area contributed by atoms with Crippen molar-refractivity contribution in [3.05, 3.63) is 35.4 Å². The topological polar surface area (TPSA) is 0 Å². The summed E-state index contributed by atoms with van der Waals surface area (Å²) in [5.41, 5.74) is 3.00. The highest BCUT2D eigenvalue weighted by Gasteiger charge is 2.30. The van der Waals surface area contributed by atoms with Crippen molar-refractivity contribution in [2.75, 3.05) is 10.7 Å². The Labute approximate surface area is 116 Å². The fourth-order valence-electron chi connectivity index (χ4n) is 2.17. The van der Waals surface area contributed by atoms with Gasteiger partial charge in [0.05, 0.1) is 0 Å². The summed E-state index contributed by atoms with van der Waals surface area (Å²) in [5.74, 6) is 0.704. The van der Waals surface area contributed by atoms with Gasteiger partial charge < -0.3 is 0 Å². The molecule has 0 N–H and O–H groups in total. The predicted octanol–water partition coefficient (Wildman–Crippen LogP) is 5.07. The molecule has 0 aliphatic rings. The van der Waals surface area contributed by atoms with Crippen LogP contribution in [-0.4, -0.2) is 10.7 Å². The van der Waals surface area contributed by atoms with Crippen LogP contribution in [0.5, 0.6) is 0 Å². The molecule has 16 heavy (non-hydrogen) atoms. The molecule has 0 amide bonds. The van der Waals surface area contributed by atoms with Gasteiger partial charge in [-0.1, -0.05) is 75.5 Å². The van der Waals surface area contributed by atoms with Gasteiger partial charge in [0, 0.05) is 16.1 Å². The molecule has 0 aliphatic heterocycles. The molecular weight excluding hydrogens is 328 g/mol. The first-order chi connectivity index (χ1) is 7.54. The monoisotopic (exact) mass is 346 g/mol. The van der Waals surface area contributed by atoms with Gasteiger partial charge >= 0.3 is 0 Å². The number of rotatable bonds is 5. The Morgan fingerprint density at radius 1 is 1.19 bits per heavy atom. The lowest BCUT2D eigenvalue weighted by Crippen LogP contribution is -2.32. The Morgan fingerprint density at radius 3 is 2.25 bits per heavy atom. The zero-order valence-corrected chi connectivity index (χ0v) is 13.4. The van der Waals surface area contributed by atoms with E-state index in [1.807, 2.05) is 0 Å². The molecule has 0 saturated carbocycles. The molecule has 1 aromatic rings. The Bertz CT molecular complexity index is 327. The maximum atomic E-state index is 3.69. The number of hydrogen-bond acceptors (Lipinski definition) is 0. The van der Waals surface area contributed by atoms with E-state index in [1.165, 1.54) is 17.5 Å². The SMILES string of the molecule is Cc1cccc(C(CBr)(CBr)CC(C)C)c1. The van der Waals surface area contributed by atoms with Crippen molar-refractivity contribution in [1.29, 1.82) is 0 Å². The zero-order valence-electron chi connectivity index (χ0n) is 10.3. The first-order valence-electron chi connectivity index (χ1n) is 5.73. The molecule has 0 nitrogen and oxygen atoms in total. The maximum Gasteiger partial charge on any atom is 0.0149 e. The zero-order chi connectivity index (χ0) is 12.2. The van der Waals surface area contributed by atoms with E-state index in [4.69, 9.17) is 0 Å². The van der Waals surface area contributed by atoms with E-state index in [9.17, 15) is 0 Å². The minimum absolute atomic E-state index is 0.222. The molecule has 90 valence electrons. The van der Waals surface area contributed by atoms with Crippen molar-refractivity contribution in [1.82, 2.24) is 0 Å². The summed E-state index contributed by atoms with van der Waals surface area (Å²) in [7, 11) is 0. The second-order valence-corrected chi connectivity index (χ2v) is 6.14. The third-order valence-corrected chi connectivity index (χ3v) is 5.09. The number of benzene rings is 1. The quantitative estimate of drug-likeness (QED) is 0.652. The van der Waals surface area contributed by atoms with Gasteiger partial charge in [0.1, 0.15) is 0 Å². The molecule has 0 heterocycles. The molecule has 0 aromatic heterocycles. The lowest BCUT2D eigenvalue weighted by Gasteiger charge is -2.32. The molecule has 0 spiro atoms. The van der Waals surface area contributed by atoms with Crippen LogP contribution in [0.15, 0.2) is 24.3 Å². The fourth-order valence-corrected chi connectivity index (χ4v) is 4.21. The molecule has 1 rings (SSSR count). The van der Waals surface area contributed by atoms with Gasteiger partial charge in [-0.25, -0.2) is 0 Å². The van der Waals surface area contributed by atoms with Gasteiger partial charge in [-0.3, -0.25) is 0 Å². The van der Waals surface area contributed by atoms with Crippen molar-refractivity contribution in [3.8, 4) is 0 Å². The van der Waals surface area contributed by atoms with Crippen LogP contribution in [0.2, 0.25) is 0 Å². The number of halogens is 2. The van der Waals surface area contributed by atoms with Crippen molar-refractivity contribution < 1.29 is 0 Å². The largest absolute Gasteiger partial charge is 0.0918 e. The standard InChI is InChI=1S/C14H20Br2/c1-11(2)8-14(9-15,10-16)13-6-4-5-12(3)7-13/h4-7,11H,8-10H2,1-3H3. The van der Waals surface area contributed by atoms with Gasteiger partial charge in [0.2, 0.25) is 0 Å². The third kappa shape index (κ3) is 3.33. The van der Waals surface area contributed by atoms with Crippen molar-refractivity contribution in [2.24, 2.45) is 5.92 Å². The summed E-state index contributed by atoms with van der Waals surface area (Å²) in [5, 5.41) is 2.01. The van der Waals surface area contributed by atoms with E-state index >= 15 is 0 Å². The van der Waals surface area contributed by atoms with Crippen LogP contribution in [0, 0.1) is 12.8 Å². The van der Waals surface area contributed by atoms with Gasteiger partial charge in [-0.05, 0) is 24.8 Å². The average molecular weight is 348 g/mol. The highest BCUT2D eigenvalue weighted by molar-refractivity contribution is 9.09. The lowest BCUT2D eigenvalue weighted by atomic mass is 9.77. The van der Waals surface area contributed by atoms with Gasteiger partial charge in [-0.15, -0.1) is 0 Å².